The van der Waals surface area contributed by atoms with Crippen molar-refractivity contribution >= 4 is 27.6 Å². The minimum absolute atomic E-state index is 0.336. The molecule has 0 saturated heterocycles. The standard InChI is InChI=1S/C20H18BrFN2O/c1-12-19(16-10-9-14(21)11-17(16)22)25-20(23-12)24-18-8-4-6-13-5-2-3-7-15(13)18/h4,6,8-11H,2-3,5,7H2,1H3,(H,23,24). The number of fused-ring (bicyclic) bond motifs is 1. The quantitative estimate of drug-likeness (QED) is 0.570. The molecule has 0 atom stereocenters. The van der Waals surface area contributed by atoms with Crippen molar-refractivity contribution in [3.63, 3.8) is 0 Å². The van der Waals surface area contributed by atoms with Crippen LogP contribution in [0, 0.1) is 12.7 Å². The molecule has 25 heavy (non-hydrogen) atoms. The molecule has 1 heterocycles. The Morgan fingerprint density at radius 3 is 2.84 bits per heavy atom. The summed E-state index contributed by atoms with van der Waals surface area (Å²) in [5.41, 5.74) is 4.82. The maximum Gasteiger partial charge on any atom is 0.299 e. The van der Waals surface area contributed by atoms with Crippen LogP contribution in [0.1, 0.15) is 29.7 Å². The van der Waals surface area contributed by atoms with E-state index < -0.39 is 0 Å². The maximum atomic E-state index is 14.2. The Morgan fingerprint density at radius 2 is 2.00 bits per heavy atom. The lowest BCUT2D eigenvalue weighted by Gasteiger charge is -2.19. The van der Waals surface area contributed by atoms with Gasteiger partial charge in [-0.1, -0.05) is 28.1 Å². The molecular formula is C20H18BrFN2O. The number of hydrogen-bond donors (Lipinski definition) is 1. The van der Waals surface area contributed by atoms with Crippen molar-refractivity contribution < 1.29 is 8.81 Å². The van der Waals surface area contributed by atoms with Gasteiger partial charge in [-0.15, -0.1) is 0 Å². The van der Waals surface area contributed by atoms with Gasteiger partial charge in [0.05, 0.1) is 11.3 Å². The summed E-state index contributed by atoms with van der Waals surface area (Å²) < 4.78 is 20.8. The van der Waals surface area contributed by atoms with Crippen LogP contribution in [-0.4, -0.2) is 4.98 Å². The van der Waals surface area contributed by atoms with E-state index in [0.717, 1.165) is 18.5 Å². The van der Waals surface area contributed by atoms with Gasteiger partial charge in [-0.2, -0.15) is 4.98 Å². The highest BCUT2D eigenvalue weighted by molar-refractivity contribution is 9.10. The van der Waals surface area contributed by atoms with Gasteiger partial charge in [0.25, 0.3) is 6.01 Å². The molecule has 3 aromatic rings. The Bertz CT molecular complexity index is 935. The number of nitrogens with zero attached hydrogens (tertiary/aromatic N) is 1. The number of halogens is 2. The predicted molar refractivity (Wildman–Crippen MR) is 101 cm³/mol. The van der Waals surface area contributed by atoms with Gasteiger partial charge in [0.15, 0.2) is 5.76 Å². The van der Waals surface area contributed by atoms with E-state index in [2.05, 4.69) is 38.4 Å². The molecular weight excluding hydrogens is 383 g/mol. The lowest BCUT2D eigenvalue weighted by molar-refractivity contribution is 0.576. The molecule has 0 amide bonds. The van der Waals surface area contributed by atoms with Crippen molar-refractivity contribution in [1.29, 1.82) is 0 Å². The molecule has 0 saturated carbocycles. The van der Waals surface area contributed by atoms with E-state index in [-0.39, 0.29) is 5.82 Å². The van der Waals surface area contributed by atoms with Crippen molar-refractivity contribution in [3.8, 4) is 11.3 Å². The van der Waals surface area contributed by atoms with Crippen LogP contribution < -0.4 is 5.32 Å². The average Bonchev–Trinajstić information content (AvgIpc) is 2.95. The third kappa shape index (κ3) is 3.21. The van der Waals surface area contributed by atoms with E-state index >= 15 is 0 Å². The highest BCUT2D eigenvalue weighted by atomic mass is 79.9. The van der Waals surface area contributed by atoms with Crippen LogP contribution in [0.4, 0.5) is 16.1 Å². The van der Waals surface area contributed by atoms with E-state index in [1.165, 1.54) is 30.0 Å². The summed E-state index contributed by atoms with van der Waals surface area (Å²) in [6, 6.07) is 11.6. The van der Waals surface area contributed by atoms with Gasteiger partial charge in [0.2, 0.25) is 0 Å². The summed E-state index contributed by atoms with van der Waals surface area (Å²) in [6.45, 7) is 1.83. The van der Waals surface area contributed by atoms with E-state index in [9.17, 15) is 4.39 Å². The molecule has 5 heteroatoms. The Labute approximate surface area is 154 Å². The molecule has 0 aliphatic heterocycles. The number of rotatable bonds is 3. The van der Waals surface area contributed by atoms with Crippen LogP contribution >= 0.6 is 15.9 Å². The smallest absolute Gasteiger partial charge is 0.299 e. The Hall–Kier alpha value is -2.14. The zero-order valence-corrected chi connectivity index (χ0v) is 15.5. The van der Waals surface area contributed by atoms with Gasteiger partial charge in [0.1, 0.15) is 5.82 Å². The summed E-state index contributed by atoms with van der Waals surface area (Å²) in [6.07, 6.45) is 4.62. The van der Waals surface area contributed by atoms with E-state index in [4.69, 9.17) is 4.42 Å². The van der Waals surface area contributed by atoms with Crippen LogP contribution in [0.25, 0.3) is 11.3 Å². The summed E-state index contributed by atoms with van der Waals surface area (Å²) in [7, 11) is 0. The fraction of sp³-hybridized carbons (Fsp3) is 0.250. The zero-order valence-electron chi connectivity index (χ0n) is 13.9. The molecule has 128 valence electrons. The molecule has 0 unspecified atom stereocenters. The van der Waals surface area contributed by atoms with Gasteiger partial charge >= 0.3 is 0 Å². The number of oxazole rings is 1. The number of aromatic nitrogens is 1. The second kappa shape index (κ2) is 6.64. The van der Waals surface area contributed by atoms with Crippen molar-refractivity contribution in [2.24, 2.45) is 0 Å². The molecule has 0 spiro atoms. The van der Waals surface area contributed by atoms with Gasteiger partial charge in [-0.25, -0.2) is 4.39 Å². The van der Waals surface area contributed by atoms with E-state index in [1.807, 2.05) is 13.0 Å². The lowest BCUT2D eigenvalue weighted by Crippen LogP contribution is -2.06. The number of nitrogens with one attached hydrogen (secondary N) is 1. The molecule has 1 aliphatic rings. The molecule has 0 radical (unpaired) electrons. The fourth-order valence-corrected chi connectivity index (χ4v) is 3.72. The van der Waals surface area contributed by atoms with Gasteiger partial charge < -0.3 is 9.73 Å². The highest BCUT2D eigenvalue weighted by Crippen LogP contribution is 2.33. The molecule has 0 fully saturated rings. The van der Waals surface area contributed by atoms with E-state index in [1.54, 1.807) is 12.1 Å². The number of benzene rings is 2. The fourth-order valence-electron chi connectivity index (χ4n) is 3.39. The van der Waals surface area contributed by atoms with Crippen LogP contribution in [0.5, 0.6) is 0 Å². The second-order valence-electron chi connectivity index (χ2n) is 6.33. The Balaban J connectivity index is 1.67. The predicted octanol–water partition coefficient (Wildman–Crippen LogP) is 6.17. The molecule has 1 aliphatic carbocycles. The van der Waals surface area contributed by atoms with Crippen LogP contribution in [0.2, 0.25) is 0 Å². The van der Waals surface area contributed by atoms with Gasteiger partial charge in [-0.05, 0) is 68.0 Å². The number of aryl methyl sites for hydroxylation is 2. The van der Waals surface area contributed by atoms with Crippen LogP contribution in [-0.2, 0) is 12.8 Å². The average molecular weight is 401 g/mol. The first-order valence-corrected chi connectivity index (χ1v) is 9.22. The minimum atomic E-state index is -0.336. The third-order valence-electron chi connectivity index (χ3n) is 4.61. The first kappa shape index (κ1) is 16.3. The van der Waals surface area contributed by atoms with Crippen molar-refractivity contribution in [3.05, 3.63) is 63.5 Å². The minimum Gasteiger partial charge on any atom is -0.423 e. The zero-order chi connectivity index (χ0) is 17.4. The highest BCUT2D eigenvalue weighted by Gasteiger charge is 2.18. The Kier molecular flexibility index (Phi) is 4.34. The second-order valence-corrected chi connectivity index (χ2v) is 7.25. The first-order chi connectivity index (χ1) is 12.1. The number of hydrogen-bond acceptors (Lipinski definition) is 3. The maximum absolute atomic E-state index is 14.2. The largest absolute Gasteiger partial charge is 0.423 e. The molecule has 3 nitrogen and oxygen atoms in total. The van der Waals surface area contributed by atoms with Crippen molar-refractivity contribution in [2.75, 3.05) is 5.32 Å². The Morgan fingerprint density at radius 1 is 1.16 bits per heavy atom. The molecule has 1 aromatic heterocycles. The normalized spacial score (nSPS) is 13.6. The summed E-state index contributed by atoms with van der Waals surface area (Å²) >= 11 is 3.27. The monoisotopic (exact) mass is 400 g/mol. The van der Waals surface area contributed by atoms with Crippen LogP contribution in [0.3, 0.4) is 0 Å². The molecule has 4 rings (SSSR count). The molecule has 0 bridgehead atoms. The van der Waals surface area contributed by atoms with Crippen molar-refractivity contribution in [2.45, 2.75) is 32.6 Å². The SMILES string of the molecule is Cc1nc(Nc2cccc3c2CCCC3)oc1-c1ccc(Br)cc1F. The third-order valence-corrected chi connectivity index (χ3v) is 5.10. The van der Waals surface area contributed by atoms with Crippen molar-refractivity contribution in [1.82, 2.24) is 4.98 Å². The summed E-state index contributed by atoms with van der Waals surface area (Å²) in [4.78, 5) is 4.44. The topological polar surface area (TPSA) is 38.1 Å². The summed E-state index contributed by atoms with van der Waals surface area (Å²) in [5.74, 6) is 0.120. The summed E-state index contributed by atoms with van der Waals surface area (Å²) in [5, 5.41) is 3.28. The van der Waals surface area contributed by atoms with Gasteiger partial charge in [0, 0.05) is 10.2 Å². The molecule has 1 N–H and O–H groups in total. The first-order valence-electron chi connectivity index (χ1n) is 8.42. The van der Waals surface area contributed by atoms with Crippen LogP contribution in [0.15, 0.2) is 45.3 Å². The van der Waals surface area contributed by atoms with E-state index in [0.29, 0.717) is 27.5 Å². The molecule has 2 aromatic carbocycles. The number of anilines is 2. The van der Waals surface area contributed by atoms with Gasteiger partial charge in [-0.3, -0.25) is 0 Å². The lowest BCUT2D eigenvalue weighted by atomic mass is 9.90.